The van der Waals surface area contributed by atoms with E-state index < -0.39 is 168 Å². The van der Waals surface area contributed by atoms with Crippen LogP contribution in [0.5, 0.6) is 11.5 Å². The van der Waals surface area contributed by atoms with Gasteiger partial charge in [-0.05, 0) is 124 Å². The number of carboxylic acid groups (broad SMARTS) is 2. The van der Waals surface area contributed by atoms with Crippen LogP contribution in [0.1, 0.15) is 148 Å². The summed E-state index contributed by atoms with van der Waals surface area (Å²) in [6.07, 6.45) is -2.03. The van der Waals surface area contributed by atoms with Crippen molar-refractivity contribution in [1.82, 2.24) is 82.3 Å². The molecule has 12 atom stereocenters. The highest BCUT2D eigenvalue weighted by molar-refractivity contribution is 5.98. The molecule has 36 heteroatoms. The molecule has 8 amide bonds. The maximum absolute atomic E-state index is 15.4. The normalized spacial score (nSPS) is 23.2. The number of amides is 8. The van der Waals surface area contributed by atoms with Crippen LogP contribution in [-0.4, -0.2) is 197 Å². The van der Waals surface area contributed by atoms with E-state index >= 15 is 19.2 Å². The van der Waals surface area contributed by atoms with Gasteiger partial charge in [-0.15, -0.1) is 10.2 Å². The number of benzene rings is 4. The average molecular weight is 1590 g/mol. The molecule has 0 spiro atoms. The van der Waals surface area contributed by atoms with E-state index in [1.54, 1.807) is 27.9 Å². The van der Waals surface area contributed by atoms with Gasteiger partial charge < -0.3 is 72.0 Å². The number of alkyl halides is 6. The second-order valence-electron chi connectivity index (χ2n) is 30.0. The van der Waals surface area contributed by atoms with E-state index in [0.29, 0.717) is 36.8 Å². The zero-order chi connectivity index (χ0) is 81.7. The number of carboxylic acids is 2. The predicted octanol–water partition coefficient (Wildman–Crippen LogP) is 5.09. The van der Waals surface area contributed by atoms with Crippen molar-refractivity contribution in [1.29, 1.82) is 0 Å². The fourth-order valence-electron chi connectivity index (χ4n) is 15.3. The van der Waals surface area contributed by atoms with E-state index in [-0.39, 0.29) is 97.8 Å². The molecule has 14 rings (SSSR count). The van der Waals surface area contributed by atoms with Crippen LogP contribution in [0.2, 0.25) is 0 Å². The first kappa shape index (κ1) is 83.9. The molecule has 12 bridgehead atoms. The highest BCUT2D eigenvalue weighted by Crippen LogP contribution is 2.37. The number of halogens is 6. The molecule has 4 aromatic carbocycles. The van der Waals surface area contributed by atoms with Gasteiger partial charge in [-0.1, -0.05) is 110 Å². The van der Waals surface area contributed by atoms with Crippen molar-refractivity contribution in [3.05, 3.63) is 154 Å². The van der Waals surface area contributed by atoms with Crippen molar-refractivity contribution < 1.29 is 94.0 Å². The summed E-state index contributed by atoms with van der Waals surface area (Å²) in [6, 6.07) is 4.79. The summed E-state index contributed by atoms with van der Waals surface area (Å²) in [5, 5.41) is 60.5. The summed E-state index contributed by atoms with van der Waals surface area (Å²) >= 11 is 0. The zero-order valence-electron chi connectivity index (χ0n) is 63.3. The predicted molar refractivity (Wildman–Crippen MR) is 395 cm³/mol. The Morgan fingerprint density at radius 1 is 0.518 bits per heavy atom. The van der Waals surface area contributed by atoms with Crippen molar-refractivity contribution in [3.63, 3.8) is 0 Å². The second-order valence-corrected chi connectivity index (χ2v) is 30.0. The number of carbonyl (C=O) groups is 10. The maximum Gasteiger partial charge on any atom is 0.416 e. The van der Waals surface area contributed by atoms with Crippen LogP contribution in [-0.2, 0) is 99.2 Å². The van der Waals surface area contributed by atoms with Gasteiger partial charge in [-0.25, -0.2) is 19.0 Å². The maximum atomic E-state index is 15.4. The van der Waals surface area contributed by atoms with Crippen molar-refractivity contribution in [3.8, 4) is 11.5 Å². The Morgan fingerprint density at radius 3 is 1.23 bits per heavy atom. The Balaban J connectivity index is 0.926. The number of nitrogens with zero attached hydrogens (tertiary/aromatic N) is 8. The summed E-state index contributed by atoms with van der Waals surface area (Å²) in [7, 11) is 3.14. The van der Waals surface area contributed by atoms with Crippen molar-refractivity contribution in [2.24, 2.45) is 11.8 Å². The van der Waals surface area contributed by atoms with E-state index in [1.165, 1.54) is 92.2 Å². The number of likely N-dealkylation sites (tertiary alicyclic amines) is 2. The first-order valence-electron chi connectivity index (χ1n) is 38.2. The third-order valence-electron chi connectivity index (χ3n) is 22.0. The van der Waals surface area contributed by atoms with Gasteiger partial charge in [-0.2, -0.15) is 26.3 Å². The van der Waals surface area contributed by atoms with Crippen molar-refractivity contribution in [2.45, 2.75) is 215 Å². The van der Waals surface area contributed by atoms with Gasteiger partial charge in [0, 0.05) is 51.6 Å². The number of ether oxygens (including phenoxy) is 2. The van der Waals surface area contributed by atoms with Crippen LogP contribution in [0.15, 0.2) is 109 Å². The smallest absolute Gasteiger partial charge is 0.416 e. The Kier molecular flexibility index (Phi) is 27.4. The second kappa shape index (κ2) is 37.3. The highest BCUT2D eigenvalue weighted by Gasteiger charge is 2.49. The molecule has 2 aliphatic carbocycles. The van der Waals surface area contributed by atoms with Gasteiger partial charge in [0.25, 0.3) is 0 Å². The molecule has 2 saturated heterocycles. The molecule has 6 aromatic rings. The number of aliphatic carboxylic acids is 2. The number of rotatable bonds is 16. The van der Waals surface area contributed by atoms with Crippen LogP contribution in [0.25, 0.3) is 0 Å². The molecule has 0 unspecified atom stereocenters. The molecule has 2 aromatic heterocycles. The third-order valence-corrected chi connectivity index (χ3v) is 22.0. The molecule has 8 aliphatic rings. The minimum absolute atomic E-state index is 0.0683. The van der Waals surface area contributed by atoms with Gasteiger partial charge in [-0.3, -0.25) is 38.4 Å². The first-order chi connectivity index (χ1) is 54.4. The minimum Gasteiger partial charge on any atom is -0.487 e. The SMILES string of the molecule is CN[C@@H](C)C(=O)N[C@@H](C(=O)N1C[C@@H]2C[C@H]1C(=O)N[C@@H](Cc1cccc(C(F)(F)F)c1)C(=O)N[C@H](C(=O)O)Cc1ccc(cc1)OCc1cn(nn1)[C@H]1C[C@@H](C(=O)N[C@@H](Cc3cccc(C(F)(F)F)c3)C(=O)N[C@H](C(=O)O)Cc3ccc(cc3)OCc3cn2nn3)N(C(=O)[C@H](NC(=O)[C@H](C)NC)C2CCCCC2)C1)C1CCCCC1. The van der Waals surface area contributed by atoms with Gasteiger partial charge in [0.15, 0.2) is 0 Å². The molecule has 8 heterocycles. The lowest BCUT2D eigenvalue weighted by molar-refractivity contribution is -0.144. The number of hydrogen-bond donors (Lipinski definition) is 10. The highest BCUT2D eigenvalue weighted by atomic mass is 19.4. The average Bonchev–Trinajstić information content (AvgIpc) is 1.63. The van der Waals surface area contributed by atoms with Gasteiger partial charge >= 0.3 is 24.3 Å². The largest absolute Gasteiger partial charge is 0.487 e. The van der Waals surface area contributed by atoms with Gasteiger partial charge in [0.2, 0.25) is 47.3 Å². The summed E-state index contributed by atoms with van der Waals surface area (Å²) < 4.78 is 101. The van der Waals surface area contributed by atoms with E-state index in [2.05, 4.69) is 63.2 Å². The monoisotopic (exact) mass is 1590 g/mol. The first-order valence-corrected chi connectivity index (χ1v) is 38.2. The van der Waals surface area contributed by atoms with E-state index in [0.717, 1.165) is 74.9 Å². The van der Waals surface area contributed by atoms with Crippen LogP contribution in [0, 0.1) is 11.8 Å². The molecule has 114 heavy (non-hydrogen) atoms. The van der Waals surface area contributed by atoms with Crippen LogP contribution in [0.3, 0.4) is 0 Å². The summed E-state index contributed by atoms with van der Waals surface area (Å²) in [6.45, 7) is 2.30. The molecule has 30 nitrogen and oxygen atoms in total. The van der Waals surface area contributed by atoms with Crippen molar-refractivity contribution in [2.75, 3.05) is 27.2 Å². The molecule has 2 saturated carbocycles. The van der Waals surface area contributed by atoms with Gasteiger partial charge in [0.05, 0.1) is 47.7 Å². The molecular weight excluding hydrogens is 1500 g/mol. The van der Waals surface area contributed by atoms with Crippen LogP contribution < -0.4 is 52.0 Å². The lowest BCUT2D eigenvalue weighted by atomic mass is 9.83. The topological polar surface area (TPSA) is 394 Å². The Bertz CT molecular complexity index is 4140. The molecule has 6 aliphatic heterocycles. The number of hydrogen-bond acceptors (Lipinski definition) is 18. The van der Waals surface area contributed by atoms with Gasteiger partial charge in [0.1, 0.15) is 84.4 Å². The fraction of sp³-hybridized carbons (Fsp3) is 0.513. The number of likely N-dealkylation sites (N-methyl/N-ethyl adjacent to an activating group) is 2. The molecule has 4 fully saturated rings. The lowest BCUT2D eigenvalue weighted by Gasteiger charge is -2.35. The van der Waals surface area contributed by atoms with Crippen LogP contribution in [0.4, 0.5) is 26.3 Å². The number of aromatic nitrogens is 6. The summed E-state index contributed by atoms with van der Waals surface area (Å²) in [5.41, 5.74) is -1.12. The Morgan fingerprint density at radius 2 is 0.886 bits per heavy atom. The number of carbonyl (C=O) groups excluding carboxylic acids is 8. The Labute approximate surface area is 652 Å². The molecule has 612 valence electrons. The molecular formula is C78H94F6N16O14. The van der Waals surface area contributed by atoms with E-state index in [1.807, 2.05) is 0 Å². The minimum atomic E-state index is -4.83. The van der Waals surface area contributed by atoms with Crippen LogP contribution >= 0.6 is 0 Å². The third kappa shape index (κ3) is 21.4. The quantitative estimate of drug-likeness (QED) is 0.0564. The fourth-order valence-corrected chi connectivity index (χ4v) is 15.3. The lowest BCUT2D eigenvalue weighted by Crippen LogP contribution is -2.60. The van der Waals surface area contributed by atoms with Crippen molar-refractivity contribution >= 4 is 59.2 Å². The number of nitrogens with one attached hydrogen (secondary N) is 8. The van der Waals surface area contributed by atoms with E-state index in [4.69, 9.17) is 9.47 Å². The summed E-state index contributed by atoms with van der Waals surface area (Å²) in [4.78, 5) is 147. The molecule has 0 radical (unpaired) electrons. The zero-order valence-corrected chi connectivity index (χ0v) is 63.3. The van der Waals surface area contributed by atoms with E-state index in [9.17, 15) is 65.3 Å². The summed E-state index contributed by atoms with van der Waals surface area (Å²) in [5.74, 6) is -9.70. The standard InChI is InChI=1S/C78H94F6N16O14/c1-43(85-3)67(101)91-65(49-15-7-5-8-16-49)73(107)97-39-55-35-63(97)71(105)87-59(33-47-13-11-19-51(29-47)77(79,80)81)69(103)89-61(75(109)110)31-45-23-27-58(28-24-45)114-42-54-38-100(96-94-54)56-36-64(98(40-56)74(108)66(50-17-9-6-10-18-50)92-68(102)44(2)86-4)72(106)88-60(34-48-14-12-20-52(30-48)78(82,83)84)70(104)90-62(76(111)112)32-46-21-25-57(26-22-46)113-41-53-37-99(55)95-93-53/h11-14,19-30,37-38,43-44,49-50,55-56,59-66,85-86H,5-10,15-18,31-36,39-42H2,1-4H3,(H,87,105)(H,88,106)(H,89,103)(H,90,104)(H,91,101)(H,92,102)(H,109,110)(H,111,112)/t43-,44-,55-,56-,59-,60-,61-,62-,63-,64-,65+,66+/m0/s1. The Hall–Kier alpha value is -11.0. The molecule has 10 N–H and O–H groups in total.